The molecule has 2 aliphatic carbocycles. The van der Waals surface area contributed by atoms with Crippen LogP contribution in [0.3, 0.4) is 0 Å². The van der Waals surface area contributed by atoms with E-state index in [1.807, 2.05) is 0 Å². The molecule has 1 amide bonds. The first-order valence-electron chi connectivity index (χ1n) is 6.05. The van der Waals surface area contributed by atoms with Gasteiger partial charge >= 0.3 is 0 Å². The zero-order valence-corrected chi connectivity index (χ0v) is 9.45. The number of rotatable bonds is 2. The molecule has 1 saturated heterocycles. The van der Waals surface area contributed by atoms with Crippen LogP contribution in [0.1, 0.15) is 39.5 Å². The molecule has 4 atom stereocenters. The summed E-state index contributed by atoms with van der Waals surface area (Å²) in [6, 6.07) is 0.311. The van der Waals surface area contributed by atoms with Crippen molar-refractivity contribution in [1.82, 2.24) is 5.32 Å². The molecule has 0 radical (unpaired) electrons. The second-order valence-corrected chi connectivity index (χ2v) is 5.74. The molecule has 0 aromatic heterocycles. The molecule has 3 heteroatoms. The standard InChI is InChI=1S/C12H19NO2/c1-7(2)15-10-8-3-4-12(5-8)6-9(14)13-11(10)12/h7-8,10-11H,3-6H2,1-2H3,(H,13,14)/t8-,10?,11?,12+/m1/s1. The average Bonchev–Trinajstić information content (AvgIpc) is 2.73. The Morgan fingerprint density at radius 1 is 1.53 bits per heavy atom. The molecule has 1 spiro atoms. The molecule has 0 aromatic rings. The summed E-state index contributed by atoms with van der Waals surface area (Å²) in [5.74, 6) is 0.927. The summed E-state index contributed by atoms with van der Waals surface area (Å²) in [6.07, 6.45) is 4.97. The SMILES string of the molecule is CC(C)OC1C2NC(=O)C[C@@]23CC[C@@H]1C3. The van der Waals surface area contributed by atoms with Crippen LogP contribution in [-0.4, -0.2) is 24.2 Å². The predicted molar refractivity (Wildman–Crippen MR) is 56.3 cm³/mol. The minimum atomic E-state index is 0.234. The molecule has 2 unspecified atom stereocenters. The first kappa shape index (κ1) is 9.64. The maximum atomic E-state index is 11.5. The lowest BCUT2D eigenvalue weighted by molar-refractivity contribution is -0.120. The third kappa shape index (κ3) is 1.25. The van der Waals surface area contributed by atoms with Gasteiger partial charge in [0.15, 0.2) is 0 Å². The number of hydrogen-bond acceptors (Lipinski definition) is 2. The van der Waals surface area contributed by atoms with Gasteiger partial charge in [-0.2, -0.15) is 0 Å². The van der Waals surface area contributed by atoms with Crippen LogP contribution < -0.4 is 5.32 Å². The van der Waals surface area contributed by atoms with E-state index in [0.717, 1.165) is 6.42 Å². The fraction of sp³-hybridized carbons (Fsp3) is 0.917. The van der Waals surface area contributed by atoms with Crippen molar-refractivity contribution in [3.05, 3.63) is 0 Å². The largest absolute Gasteiger partial charge is 0.373 e. The lowest BCUT2D eigenvalue weighted by atomic mass is 9.79. The third-order valence-electron chi connectivity index (χ3n) is 4.39. The number of nitrogens with one attached hydrogen (secondary N) is 1. The summed E-state index contributed by atoms with van der Waals surface area (Å²) in [6.45, 7) is 4.16. The van der Waals surface area contributed by atoms with Gasteiger partial charge in [0.2, 0.25) is 5.91 Å². The van der Waals surface area contributed by atoms with Gasteiger partial charge in [-0.05, 0) is 39.0 Å². The highest BCUT2D eigenvalue weighted by Crippen LogP contribution is 2.59. The molecule has 0 aromatic carbocycles. The Kier molecular flexibility index (Phi) is 1.91. The van der Waals surface area contributed by atoms with Gasteiger partial charge in [-0.25, -0.2) is 0 Å². The molecular weight excluding hydrogens is 190 g/mol. The first-order chi connectivity index (χ1) is 7.11. The molecular formula is C12H19NO2. The van der Waals surface area contributed by atoms with Crippen LogP contribution in [0.2, 0.25) is 0 Å². The predicted octanol–water partition coefficient (Wildman–Crippen LogP) is 1.47. The highest BCUT2D eigenvalue weighted by molar-refractivity contribution is 5.80. The molecule has 2 bridgehead atoms. The number of amides is 1. The molecule has 1 aliphatic heterocycles. The minimum absolute atomic E-state index is 0.234. The number of fused-ring (bicyclic) bond motifs is 1. The van der Waals surface area contributed by atoms with Gasteiger partial charge in [0, 0.05) is 11.8 Å². The van der Waals surface area contributed by atoms with Crippen LogP contribution in [0.4, 0.5) is 0 Å². The number of ether oxygens (including phenoxy) is 1. The van der Waals surface area contributed by atoms with E-state index in [4.69, 9.17) is 4.74 Å². The van der Waals surface area contributed by atoms with Crippen LogP contribution in [0, 0.1) is 11.3 Å². The topological polar surface area (TPSA) is 38.3 Å². The summed E-state index contributed by atoms with van der Waals surface area (Å²) >= 11 is 0. The third-order valence-corrected chi connectivity index (χ3v) is 4.39. The van der Waals surface area contributed by atoms with Gasteiger partial charge in [-0.15, -0.1) is 0 Å². The number of carbonyl (C=O) groups is 1. The van der Waals surface area contributed by atoms with Crippen LogP contribution in [0.15, 0.2) is 0 Å². The molecule has 2 saturated carbocycles. The Bertz CT molecular complexity index is 302. The summed E-state index contributed by atoms with van der Waals surface area (Å²) in [5.41, 5.74) is 0.265. The van der Waals surface area contributed by atoms with E-state index < -0.39 is 0 Å². The fourth-order valence-electron chi connectivity index (χ4n) is 3.94. The van der Waals surface area contributed by atoms with Crippen molar-refractivity contribution < 1.29 is 9.53 Å². The van der Waals surface area contributed by atoms with Gasteiger partial charge in [-0.3, -0.25) is 4.79 Å². The zero-order valence-electron chi connectivity index (χ0n) is 9.45. The van der Waals surface area contributed by atoms with Crippen LogP contribution in [-0.2, 0) is 9.53 Å². The second kappa shape index (κ2) is 2.97. The summed E-state index contributed by atoms with van der Waals surface area (Å²) in [4.78, 5) is 11.5. The molecule has 1 N–H and O–H groups in total. The minimum Gasteiger partial charge on any atom is -0.373 e. The van der Waals surface area contributed by atoms with Crippen LogP contribution in [0.5, 0.6) is 0 Å². The van der Waals surface area contributed by atoms with Crippen molar-refractivity contribution in [2.75, 3.05) is 0 Å². The molecule has 15 heavy (non-hydrogen) atoms. The molecule has 3 aliphatic rings. The maximum absolute atomic E-state index is 11.5. The lowest BCUT2D eigenvalue weighted by Gasteiger charge is -2.34. The summed E-state index contributed by atoms with van der Waals surface area (Å²) in [7, 11) is 0. The van der Waals surface area contributed by atoms with Crippen LogP contribution in [0.25, 0.3) is 0 Å². The maximum Gasteiger partial charge on any atom is 0.220 e. The van der Waals surface area contributed by atoms with E-state index in [0.29, 0.717) is 12.0 Å². The normalized spacial score (nSPS) is 47.4. The lowest BCUT2D eigenvalue weighted by Crippen LogP contribution is -2.46. The van der Waals surface area contributed by atoms with Crippen molar-refractivity contribution in [2.45, 2.75) is 57.8 Å². The van der Waals surface area contributed by atoms with Gasteiger partial charge < -0.3 is 10.1 Å². The van der Waals surface area contributed by atoms with E-state index in [-0.39, 0.29) is 23.5 Å². The first-order valence-corrected chi connectivity index (χ1v) is 6.05. The average molecular weight is 209 g/mol. The summed E-state index contributed by atoms with van der Waals surface area (Å²) in [5, 5.41) is 3.13. The van der Waals surface area contributed by atoms with Gasteiger partial charge in [0.1, 0.15) is 0 Å². The van der Waals surface area contributed by atoms with Crippen molar-refractivity contribution in [3.63, 3.8) is 0 Å². The Morgan fingerprint density at radius 2 is 2.33 bits per heavy atom. The van der Waals surface area contributed by atoms with E-state index in [9.17, 15) is 4.79 Å². The van der Waals surface area contributed by atoms with Crippen molar-refractivity contribution in [2.24, 2.45) is 11.3 Å². The Balaban J connectivity index is 1.84. The monoisotopic (exact) mass is 209 g/mol. The summed E-state index contributed by atoms with van der Waals surface area (Å²) < 4.78 is 5.99. The number of carbonyl (C=O) groups excluding carboxylic acids is 1. The zero-order chi connectivity index (χ0) is 10.6. The second-order valence-electron chi connectivity index (χ2n) is 5.74. The van der Waals surface area contributed by atoms with Gasteiger partial charge in [0.25, 0.3) is 0 Å². The van der Waals surface area contributed by atoms with E-state index in [1.165, 1.54) is 19.3 Å². The Labute approximate surface area is 90.6 Å². The Morgan fingerprint density at radius 3 is 3.07 bits per heavy atom. The molecule has 3 nitrogen and oxygen atoms in total. The van der Waals surface area contributed by atoms with Crippen molar-refractivity contribution in [1.29, 1.82) is 0 Å². The molecule has 3 rings (SSSR count). The fourth-order valence-corrected chi connectivity index (χ4v) is 3.94. The Hall–Kier alpha value is -0.570. The molecule has 84 valence electrons. The van der Waals surface area contributed by atoms with Crippen LogP contribution >= 0.6 is 0 Å². The van der Waals surface area contributed by atoms with Crippen molar-refractivity contribution >= 4 is 5.91 Å². The molecule has 1 heterocycles. The van der Waals surface area contributed by atoms with E-state index in [2.05, 4.69) is 19.2 Å². The molecule has 3 fully saturated rings. The highest BCUT2D eigenvalue weighted by atomic mass is 16.5. The van der Waals surface area contributed by atoms with Gasteiger partial charge in [0.05, 0.1) is 18.2 Å². The smallest absolute Gasteiger partial charge is 0.220 e. The quantitative estimate of drug-likeness (QED) is 0.748. The highest BCUT2D eigenvalue weighted by Gasteiger charge is 2.62. The number of hydrogen-bond donors (Lipinski definition) is 1. The van der Waals surface area contributed by atoms with E-state index in [1.54, 1.807) is 0 Å². The van der Waals surface area contributed by atoms with Crippen molar-refractivity contribution in [3.8, 4) is 0 Å². The van der Waals surface area contributed by atoms with E-state index >= 15 is 0 Å². The van der Waals surface area contributed by atoms with Gasteiger partial charge in [-0.1, -0.05) is 0 Å².